The summed E-state index contributed by atoms with van der Waals surface area (Å²) < 4.78 is 47.5. The Balaban J connectivity index is 1.50. The summed E-state index contributed by atoms with van der Waals surface area (Å²) in [6, 6.07) is 5.84. The smallest absolute Gasteiger partial charge is 0.224 e. The van der Waals surface area contributed by atoms with Crippen molar-refractivity contribution < 1.29 is 32.9 Å². The standard InChI is InChI=1S/C22H20F3N3O4/c23-13-7-12(9-26)21(16(25)8-13)28-6-5-22(31,18(29)10-28)11-32-17-3-2-15(24)20-14(17)1-4-19(30)27-20/h2-3,7-8,18,29,31H,1,4-6,10-11H2,(H,27,30)/t18-,22-/m1/s1. The van der Waals surface area contributed by atoms with Gasteiger partial charge < -0.3 is 25.2 Å². The fourth-order valence-electron chi connectivity index (χ4n) is 4.07. The lowest BCUT2D eigenvalue weighted by Crippen LogP contribution is -2.58. The molecule has 2 aliphatic heterocycles. The van der Waals surface area contributed by atoms with Crippen LogP contribution >= 0.6 is 0 Å². The topological polar surface area (TPSA) is 106 Å². The Hall–Kier alpha value is -3.29. The Morgan fingerprint density at radius 3 is 2.75 bits per heavy atom. The number of carbonyl (C=O) groups excluding carboxylic acids is 1. The number of halogens is 3. The summed E-state index contributed by atoms with van der Waals surface area (Å²) in [5, 5.41) is 33.2. The number of amides is 1. The van der Waals surface area contributed by atoms with Gasteiger partial charge in [-0.1, -0.05) is 0 Å². The van der Waals surface area contributed by atoms with E-state index in [0.29, 0.717) is 11.6 Å². The van der Waals surface area contributed by atoms with E-state index in [0.717, 1.165) is 12.1 Å². The average Bonchev–Trinajstić information content (AvgIpc) is 2.75. The maximum atomic E-state index is 14.3. The first-order valence-electron chi connectivity index (χ1n) is 10.0. The molecule has 2 aliphatic rings. The van der Waals surface area contributed by atoms with Gasteiger partial charge in [0, 0.05) is 31.1 Å². The second kappa shape index (κ2) is 8.33. The van der Waals surface area contributed by atoms with E-state index in [4.69, 9.17) is 4.74 Å². The van der Waals surface area contributed by atoms with Crippen molar-refractivity contribution >= 4 is 17.3 Å². The molecule has 0 unspecified atom stereocenters. The molecule has 1 amide bonds. The molecule has 0 aromatic heterocycles. The number of nitriles is 1. The number of nitrogens with zero attached hydrogens (tertiary/aromatic N) is 2. The number of aliphatic hydroxyl groups is 2. The van der Waals surface area contributed by atoms with Gasteiger partial charge in [0.1, 0.15) is 41.8 Å². The highest BCUT2D eigenvalue weighted by Crippen LogP contribution is 2.36. The number of carbonyl (C=O) groups is 1. The first kappa shape index (κ1) is 21.9. The Morgan fingerprint density at radius 1 is 1.25 bits per heavy atom. The molecule has 0 bridgehead atoms. The molecular weight excluding hydrogens is 427 g/mol. The molecule has 0 spiro atoms. The number of rotatable bonds is 4. The van der Waals surface area contributed by atoms with Crippen molar-refractivity contribution in [2.24, 2.45) is 0 Å². The minimum absolute atomic E-state index is 0.0318. The molecule has 4 rings (SSSR count). The molecule has 0 saturated carbocycles. The van der Waals surface area contributed by atoms with Crippen LogP contribution in [0.2, 0.25) is 0 Å². The summed E-state index contributed by atoms with van der Waals surface area (Å²) in [6.07, 6.45) is -0.970. The number of anilines is 2. The zero-order valence-corrected chi connectivity index (χ0v) is 16.9. The van der Waals surface area contributed by atoms with Crippen molar-refractivity contribution in [2.45, 2.75) is 31.0 Å². The van der Waals surface area contributed by atoms with Crippen LogP contribution in [-0.2, 0) is 11.2 Å². The lowest BCUT2D eigenvalue weighted by atomic mass is 9.88. The third-order valence-electron chi connectivity index (χ3n) is 5.86. The number of ether oxygens (including phenoxy) is 1. The average molecular weight is 447 g/mol. The van der Waals surface area contributed by atoms with Crippen molar-refractivity contribution in [1.29, 1.82) is 5.26 Å². The van der Waals surface area contributed by atoms with Gasteiger partial charge in [-0.05, 0) is 31.0 Å². The highest BCUT2D eigenvalue weighted by atomic mass is 19.1. The van der Waals surface area contributed by atoms with Crippen LogP contribution < -0.4 is 15.0 Å². The molecule has 10 heteroatoms. The second-order valence-electron chi connectivity index (χ2n) is 7.95. The van der Waals surface area contributed by atoms with Crippen LogP contribution in [0, 0.1) is 28.8 Å². The fourth-order valence-corrected chi connectivity index (χ4v) is 4.07. The molecule has 1 fully saturated rings. The molecule has 32 heavy (non-hydrogen) atoms. The van der Waals surface area contributed by atoms with Gasteiger partial charge >= 0.3 is 0 Å². The van der Waals surface area contributed by atoms with Gasteiger partial charge in [0.25, 0.3) is 0 Å². The monoisotopic (exact) mass is 447 g/mol. The van der Waals surface area contributed by atoms with Crippen molar-refractivity contribution in [3.8, 4) is 11.8 Å². The van der Waals surface area contributed by atoms with Gasteiger partial charge in [-0.2, -0.15) is 5.26 Å². The Kier molecular flexibility index (Phi) is 5.71. The first-order valence-corrected chi connectivity index (χ1v) is 10.0. The largest absolute Gasteiger partial charge is 0.490 e. The number of nitrogens with one attached hydrogen (secondary N) is 1. The van der Waals surface area contributed by atoms with Crippen LogP contribution in [0.1, 0.15) is 24.0 Å². The fraction of sp³-hybridized carbons (Fsp3) is 0.364. The number of hydrogen-bond acceptors (Lipinski definition) is 6. The van der Waals surface area contributed by atoms with E-state index < -0.39 is 29.2 Å². The third kappa shape index (κ3) is 3.97. The summed E-state index contributed by atoms with van der Waals surface area (Å²) in [4.78, 5) is 12.9. The second-order valence-corrected chi connectivity index (χ2v) is 7.95. The molecular formula is C22H20F3N3O4. The van der Waals surface area contributed by atoms with Crippen LogP contribution in [0.5, 0.6) is 5.75 Å². The minimum atomic E-state index is -1.70. The van der Waals surface area contributed by atoms with Gasteiger partial charge in [0.05, 0.1) is 16.9 Å². The Bertz CT molecular complexity index is 1120. The lowest BCUT2D eigenvalue weighted by Gasteiger charge is -2.43. The highest BCUT2D eigenvalue weighted by molar-refractivity contribution is 5.94. The highest BCUT2D eigenvalue weighted by Gasteiger charge is 2.42. The number of hydrogen-bond donors (Lipinski definition) is 3. The van der Waals surface area contributed by atoms with Crippen LogP contribution in [0.3, 0.4) is 0 Å². The quantitative estimate of drug-likeness (QED) is 0.664. The minimum Gasteiger partial charge on any atom is -0.490 e. The summed E-state index contributed by atoms with van der Waals surface area (Å²) in [6.45, 7) is -0.467. The zero-order valence-electron chi connectivity index (χ0n) is 16.9. The summed E-state index contributed by atoms with van der Waals surface area (Å²) in [5.41, 5.74) is -1.54. The summed E-state index contributed by atoms with van der Waals surface area (Å²) >= 11 is 0. The number of benzene rings is 2. The third-order valence-corrected chi connectivity index (χ3v) is 5.86. The van der Waals surface area contributed by atoms with E-state index in [2.05, 4.69) is 5.32 Å². The Labute approximate surface area is 181 Å². The van der Waals surface area contributed by atoms with E-state index in [1.54, 1.807) is 6.07 Å². The SMILES string of the molecule is N#Cc1cc(F)cc(F)c1N1CC[C@@](O)(COc2ccc(F)c3c2CCC(=O)N3)[C@H](O)C1. The number of aliphatic hydroxyl groups excluding tert-OH is 1. The number of piperidine rings is 1. The van der Waals surface area contributed by atoms with Gasteiger partial charge in [0.2, 0.25) is 5.91 Å². The first-order chi connectivity index (χ1) is 15.2. The zero-order chi connectivity index (χ0) is 23.0. The van der Waals surface area contributed by atoms with Crippen molar-refractivity contribution in [3.63, 3.8) is 0 Å². The van der Waals surface area contributed by atoms with Crippen molar-refractivity contribution in [1.82, 2.24) is 0 Å². The van der Waals surface area contributed by atoms with E-state index in [-0.39, 0.29) is 67.6 Å². The lowest BCUT2D eigenvalue weighted by molar-refractivity contribution is -0.116. The summed E-state index contributed by atoms with van der Waals surface area (Å²) in [5.74, 6) is -2.44. The van der Waals surface area contributed by atoms with Crippen LogP contribution in [0.25, 0.3) is 0 Å². The van der Waals surface area contributed by atoms with Gasteiger partial charge in [0.15, 0.2) is 5.82 Å². The molecule has 168 valence electrons. The molecule has 2 atom stereocenters. The van der Waals surface area contributed by atoms with E-state index in [9.17, 15) is 33.4 Å². The normalized spacial score (nSPS) is 22.7. The molecule has 3 N–H and O–H groups in total. The molecule has 1 saturated heterocycles. The van der Waals surface area contributed by atoms with Crippen LogP contribution in [-0.4, -0.2) is 47.5 Å². The maximum Gasteiger partial charge on any atom is 0.224 e. The van der Waals surface area contributed by atoms with E-state index in [1.807, 2.05) is 0 Å². The predicted molar refractivity (Wildman–Crippen MR) is 108 cm³/mol. The molecule has 0 aliphatic carbocycles. The molecule has 2 aromatic carbocycles. The van der Waals surface area contributed by atoms with Gasteiger partial charge in [-0.25, -0.2) is 13.2 Å². The molecule has 2 heterocycles. The van der Waals surface area contributed by atoms with Crippen molar-refractivity contribution in [2.75, 3.05) is 29.9 Å². The van der Waals surface area contributed by atoms with E-state index in [1.165, 1.54) is 11.0 Å². The number of fused-ring (bicyclic) bond motifs is 1. The van der Waals surface area contributed by atoms with Crippen molar-refractivity contribution in [3.05, 3.63) is 52.8 Å². The van der Waals surface area contributed by atoms with E-state index >= 15 is 0 Å². The summed E-state index contributed by atoms with van der Waals surface area (Å²) in [7, 11) is 0. The maximum absolute atomic E-state index is 14.3. The molecule has 2 aromatic rings. The van der Waals surface area contributed by atoms with Crippen LogP contribution in [0.4, 0.5) is 24.5 Å². The van der Waals surface area contributed by atoms with Gasteiger partial charge in [-0.3, -0.25) is 4.79 Å². The predicted octanol–water partition coefficient (Wildman–Crippen LogP) is 2.24. The van der Waals surface area contributed by atoms with Crippen LogP contribution in [0.15, 0.2) is 24.3 Å². The molecule has 7 nitrogen and oxygen atoms in total. The Morgan fingerprint density at radius 2 is 2.03 bits per heavy atom. The molecule has 0 radical (unpaired) electrons. The number of β-amino-alcohol motifs (C(OH)–C–C–N with tert-alkyl or cyclic N) is 1. The van der Waals surface area contributed by atoms with Gasteiger partial charge in [-0.15, -0.1) is 0 Å².